The maximum atomic E-state index is 5.89. The zero-order valence-electron chi connectivity index (χ0n) is 10.2. The van der Waals surface area contributed by atoms with Crippen LogP contribution in [0.3, 0.4) is 0 Å². The molecule has 1 unspecified atom stereocenters. The lowest BCUT2D eigenvalue weighted by atomic mass is 9.83. The third-order valence-electron chi connectivity index (χ3n) is 3.89. The molecule has 0 saturated heterocycles. The molecule has 0 aromatic carbocycles. The topological polar surface area (TPSA) is 64.9 Å². The summed E-state index contributed by atoms with van der Waals surface area (Å²) in [5.41, 5.74) is 6.03. The molecule has 90 valence electrons. The fourth-order valence-corrected chi connectivity index (χ4v) is 2.54. The number of aromatic nitrogens is 2. The van der Waals surface area contributed by atoms with Crippen molar-refractivity contribution in [2.24, 2.45) is 5.73 Å². The van der Waals surface area contributed by atoms with Gasteiger partial charge in [-0.15, -0.1) is 10.2 Å². The Hall–Kier alpha value is -0.900. The monoisotopic (exact) mass is 223 g/mol. The summed E-state index contributed by atoms with van der Waals surface area (Å²) in [7, 11) is 0. The minimum absolute atomic E-state index is 0.114. The van der Waals surface area contributed by atoms with Gasteiger partial charge in [0.15, 0.2) is 0 Å². The maximum absolute atomic E-state index is 5.89. The predicted octanol–water partition coefficient (Wildman–Crippen LogP) is 2.70. The van der Waals surface area contributed by atoms with Gasteiger partial charge in [0.2, 0.25) is 11.8 Å². The molecule has 1 aromatic heterocycles. The zero-order chi connectivity index (χ0) is 11.6. The number of hydrogen-bond acceptors (Lipinski definition) is 4. The van der Waals surface area contributed by atoms with Crippen LogP contribution in [0.1, 0.15) is 70.2 Å². The molecule has 1 aliphatic carbocycles. The Bertz CT molecular complexity index is 342. The second-order valence-corrected chi connectivity index (χ2v) is 4.80. The standard InChI is InChI=1S/C12H21N3O/c1-3-9(13)10-14-15-11(16-10)12(4-2)7-5-6-8-12/h9H,3-8,13H2,1-2H3. The SMILES string of the molecule is CCC(N)c1nnc(C2(CC)CCCC2)o1. The number of nitrogens with zero attached hydrogens (tertiary/aromatic N) is 2. The minimum Gasteiger partial charge on any atom is -0.423 e. The summed E-state index contributed by atoms with van der Waals surface area (Å²) in [5.74, 6) is 1.41. The largest absolute Gasteiger partial charge is 0.423 e. The van der Waals surface area contributed by atoms with E-state index in [0.29, 0.717) is 5.89 Å². The third-order valence-corrected chi connectivity index (χ3v) is 3.89. The summed E-state index contributed by atoms with van der Waals surface area (Å²) < 4.78 is 5.77. The van der Waals surface area contributed by atoms with Gasteiger partial charge in [0.25, 0.3) is 0 Å². The molecule has 1 heterocycles. The number of hydrogen-bond donors (Lipinski definition) is 1. The van der Waals surface area contributed by atoms with Crippen molar-refractivity contribution in [3.63, 3.8) is 0 Å². The Kier molecular flexibility index (Phi) is 3.28. The zero-order valence-corrected chi connectivity index (χ0v) is 10.2. The van der Waals surface area contributed by atoms with Crippen LogP contribution in [-0.4, -0.2) is 10.2 Å². The highest BCUT2D eigenvalue weighted by Crippen LogP contribution is 2.43. The average Bonchev–Trinajstić information content (AvgIpc) is 2.96. The Morgan fingerprint density at radius 1 is 1.31 bits per heavy atom. The molecule has 2 rings (SSSR count). The van der Waals surface area contributed by atoms with Gasteiger partial charge < -0.3 is 10.2 Å². The van der Waals surface area contributed by atoms with E-state index >= 15 is 0 Å². The van der Waals surface area contributed by atoms with Crippen molar-refractivity contribution < 1.29 is 4.42 Å². The first-order chi connectivity index (χ1) is 7.72. The Labute approximate surface area is 96.6 Å². The van der Waals surface area contributed by atoms with E-state index in [2.05, 4.69) is 17.1 Å². The van der Waals surface area contributed by atoms with Gasteiger partial charge in [-0.25, -0.2) is 0 Å². The molecule has 1 aromatic rings. The third kappa shape index (κ3) is 1.86. The summed E-state index contributed by atoms with van der Waals surface area (Å²) in [6, 6.07) is -0.114. The molecule has 0 radical (unpaired) electrons. The van der Waals surface area contributed by atoms with Gasteiger partial charge in [0, 0.05) is 5.41 Å². The molecule has 16 heavy (non-hydrogen) atoms. The van der Waals surface area contributed by atoms with Crippen LogP contribution in [0.2, 0.25) is 0 Å². The number of nitrogens with two attached hydrogens (primary N) is 1. The van der Waals surface area contributed by atoms with E-state index in [-0.39, 0.29) is 11.5 Å². The second kappa shape index (κ2) is 4.53. The van der Waals surface area contributed by atoms with E-state index in [0.717, 1.165) is 18.7 Å². The molecule has 4 nitrogen and oxygen atoms in total. The smallest absolute Gasteiger partial charge is 0.233 e. The first-order valence-electron chi connectivity index (χ1n) is 6.31. The van der Waals surface area contributed by atoms with Crippen LogP contribution in [0.15, 0.2) is 4.42 Å². The van der Waals surface area contributed by atoms with Crippen LogP contribution >= 0.6 is 0 Å². The molecule has 0 amide bonds. The van der Waals surface area contributed by atoms with E-state index in [1.165, 1.54) is 25.7 Å². The first-order valence-corrected chi connectivity index (χ1v) is 6.31. The number of rotatable bonds is 4. The summed E-state index contributed by atoms with van der Waals surface area (Å²) in [6.45, 7) is 4.23. The fourth-order valence-electron chi connectivity index (χ4n) is 2.54. The minimum atomic E-state index is -0.114. The van der Waals surface area contributed by atoms with Crippen molar-refractivity contribution in [3.05, 3.63) is 11.8 Å². The molecule has 0 spiro atoms. The molecule has 4 heteroatoms. The molecular weight excluding hydrogens is 202 g/mol. The summed E-state index contributed by atoms with van der Waals surface area (Å²) in [4.78, 5) is 0. The van der Waals surface area contributed by atoms with Gasteiger partial charge in [0.1, 0.15) is 0 Å². The van der Waals surface area contributed by atoms with Crippen molar-refractivity contribution >= 4 is 0 Å². The van der Waals surface area contributed by atoms with Crippen molar-refractivity contribution in [1.82, 2.24) is 10.2 Å². The first kappa shape index (κ1) is 11.6. The van der Waals surface area contributed by atoms with E-state index < -0.39 is 0 Å². The normalized spacial score (nSPS) is 21.2. The van der Waals surface area contributed by atoms with E-state index in [9.17, 15) is 0 Å². The summed E-state index contributed by atoms with van der Waals surface area (Å²) in [6.07, 6.45) is 6.80. The van der Waals surface area contributed by atoms with E-state index in [1.807, 2.05) is 6.92 Å². The molecule has 1 fully saturated rings. The molecule has 0 aliphatic heterocycles. The Morgan fingerprint density at radius 2 is 2.00 bits per heavy atom. The van der Waals surface area contributed by atoms with Gasteiger partial charge in [-0.1, -0.05) is 26.7 Å². The highest BCUT2D eigenvalue weighted by atomic mass is 16.4. The highest BCUT2D eigenvalue weighted by molar-refractivity contribution is 5.07. The van der Waals surface area contributed by atoms with Crippen LogP contribution < -0.4 is 5.73 Å². The summed E-state index contributed by atoms with van der Waals surface area (Å²) in [5, 5.41) is 8.30. The van der Waals surface area contributed by atoms with Crippen LogP contribution in [0, 0.1) is 0 Å². The van der Waals surface area contributed by atoms with Crippen molar-refractivity contribution in [2.75, 3.05) is 0 Å². The Morgan fingerprint density at radius 3 is 2.56 bits per heavy atom. The molecular formula is C12H21N3O. The van der Waals surface area contributed by atoms with Crippen LogP contribution in [0.5, 0.6) is 0 Å². The predicted molar refractivity (Wildman–Crippen MR) is 62.0 cm³/mol. The van der Waals surface area contributed by atoms with Crippen molar-refractivity contribution in [1.29, 1.82) is 0 Å². The molecule has 1 atom stereocenters. The lowest BCUT2D eigenvalue weighted by Gasteiger charge is -2.22. The lowest BCUT2D eigenvalue weighted by Crippen LogP contribution is -2.21. The Balaban J connectivity index is 2.23. The lowest BCUT2D eigenvalue weighted by molar-refractivity contribution is 0.298. The van der Waals surface area contributed by atoms with Gasteiger partial charge >= 0.3 is 0 Å². The van der Waals surface area contributed by atoms with Gasteiger partial charge in [-0.05, 0) is 25.7 Å². The van der Waals surface area contributed by atoms with Gasteiger partial charge in [-0.3, -0.25) is 0 Å². The molecule has 2 N–H and O–H groups in total. The van der Waals surface area contributed by atoms with Crippen molar-refractivity contribution in [3.8, 4) is 0 Å². The van der Waals surface area contributed by atoms with Crippen LogP contribution in [0.25, 0.3) is 0 Å². The van der Waals surface area contributed by atoms with Crippen LogP contribution in [0.4, 0.5) is 0 Å². The average molecular weight is 223 g/mol. The highest BCUT2D eigenvalue weighted by Gasteiger charge is 2.39. The second-order valence-electron chi connectivity index (χ2n) is 4.80. The van der Waals surface area contributed by atoms with Crippen LogP contribution in [-0.2, 0) is 5.41 Å². The quantitative estimate of drug-likeness (QED) is 0.852. The molecule has 0 bridgehead atoms. The maximum Gasteiger partial charge on any atom is 0.233 e. The molecule has 1 saturated carbocycles. The van der Waals surface area contributed by atoms with E-state index in [1.54, 1.807) is 0 Å². The van der Waals surface area contributed by atoms with E-state index in [4.69, 9.17) is 10.2 Å². The fraction of sp³-hybridized carbons (Fsp3) is 0.833. The molecule has 1 aliphatic rings. The van der Waals surface area contributed by atoms with Gasteiger partial charge in [0.05, 0.1) is 6.04 Å². The van der Waals surface area contributed by atoms with Gasteiger partial charge in [-0.2, -0.15) is 0 Å². The summed E-state index contributed by atoms with van der Waals surface area (Å²) >= 11 is 0. The van der Waals surface area contributed by atoms with Crippen molar-refractivity contribution in [2.45, 2.75) is 63.8 Å².